The summed E-state index contributed by atoms with van der Waals surface area (Å²) in [6.45, 7) is 3.81. The molecule has 2 rings (SSSR count). The van der Waals surface area contributed by atoms with Crippen LogP contribution in [0.2, 0.25) is 10.0 Å². The van der Waals surface area contributed by atoms with Gasteiger partial charge in [-0.2, -0.15) is 5.10 Å². The summed E-state index contributed by atoms with van der Waals surface area (Å²) in [5.74, 6) is -0.193. The largest absolute Gasteiger partial charge is 0.342 e. The summed E-state index contributed by atoms with van der Waals surface area (Å²) >= 11 is 11.9. The molecule has 0 saturated heterocycles. The average Bonchev–Trinajstić information content (AvgIpc) is 2.78. The number of rotatable bonds is 3. The minimum absolute atomic E-state index is 0.193. The van der Waals surface area contributed by atoms with Gasteiger partial charge in [0.1, 0.15) is 5.69 Å². The predicted molar refractivity (Wildman–Crippen MR) is 80.2 cm³/mol. The van der Waals surface area contributed by atoms with Crippen molar-refractivity contribution >= 4 is 29.1 Å². The van der Waals surface area contributed by atoms with Crippen LogP contribution in [0, 0.1) is 0 Å². The van der Waals surface area contributed by atoms with E-state index in [9.17, 15) is 4.79 Å². The van der Waals surface area contributed by atoms with E-state index in [1.54, 1.807) is 31.4 Å². The van der Waals surface area contributed by atoms with Crippen LogP contribution in [0.5, 0.6) is 0 Å². The second kappa shape index (κ2) is 5.46. The smallest absolute Gasteiger partial charge is 0.270 e. The molecule has 0 aliphatic heterocycles. The van der Waals surface area contributed by atoms with Gasteiger partial charge in [0.15, 0.2) is 0 Å². The van der Waals surface area contributed by atoms with Gasteiger partial charge in [0.05, 0.1) is 15.6 Å². The van der Waals surface area contributed by atoms with Gasteiger partial charge in [-0.1, -0.05) is 29.3 Å². The van der Waals surface area contributed by atoms with E-state index in [1.165, 1.54) is 4.68 Å². The van der Waals surface area contributed by atoms with Crippen molar-refractivity contribution in [2.75, 3.05) is 0 Å². The number of nitrogens with zero attached hydrogens (tertiary/aromatic N) is 2. The van der Waals surface area contributed by atoms with Crippen molar-refractivity contribution in [1.29, 1.82) is 0 Å². The first-order chi connectivity index (χ1) is 9.31. The van der Waals surface area contributed by atoms with Crippen LogP contribution in [0.25, 0.3) is 0 Å². The molecule has 0 saturated carbocycles. The number of amides is 1. The highest BCUT2D eigenvalue weighted by molar-refractivity contribution is 6.42. The summed E-state index contributed by atoms with van der Waals surface area (Å²) in [7, 11) is 1.72. The molecule has 0 bridgehead atoms. The number of hydrogen-bond donors (Lipinski definition) is 1. The molecule has 0 unspecified atom stereocenters. The van der Waals surface area contributed by atoms with Gasteiger partial charge >= 0.3 is 0 Å². The van der Waals surface area contributed by atoms with E-state index in [-0.39, 0.29) is 5.91 Å². The minimum Gasteiger partial charge on any atom is -0.342 e. The minimum atomic E-state index is -0.574. The van der Waals surface area contributed by atoms with Crippen molar-refractivity contribution in [2.45, 2.75) is 19.4 Å². The summed E-state index contributed by atoms with van der Waals surface area (Å²) < 4.78 is 1.53. The van der Waals surface area contributed by atoms with Gasteiger partial charge in [0.25, 0.3) is 5.91 Å². The summed E-state index contributed by atoms with van der Waals surface area (Å²) in [6.07, 6.45) is 1.58. The fourth-order valence-electron chi connectivity index (χ4n) is 1.90. The molecule has 0 atom stereocenters. The molecule has 20 heavy (non-hydrogen) atoms. The molecule has 106 valence electrons. The van der Waals surface area contributed by atoms with Gasteiger partial charge in [0, 0.05) is 13.2 Å². The predicted octanol–water partition coefficient (Wildman–Crippen LogP) is 3.39. The first-order valence-corrected chi connectivity index (χ1v) is 6.83. The van der Waals surface area contributed by atoms with Crippen molar-refractivity contribution in [2.24, 2.45) is 7.05 Å². The molecule has 6 heteroatoms. The number of carbonyl (C=O) groups is 1. The Morgan fingerprint density at radius 1 is 1.25 bits per heavy atom. The van der Waals surface area contributed by atoms with Gasteiger partial charge in [-0.25, -0.2) is 0 Å². The van der Waals surface area contributed by atoms with Gasteiger partial charge in [-0.15, -0.1) is 0 Å². The van der Waals surface area contributed by atoms with Crippen LogP contribution in [0.1, 0.15) is 29.9 Å². The normalized spacial score (nSPS) is 11.4. The third kappa shape index (κ3) is 2.97. The Morgan fingerprint density at radius 2 is 1.95 bits per heavy atom. The number of nitrogens with one attached hydrogen (secondary N) is 1. The first-order valence-electron chi connectivity index (χ1n) is 6.07. The average molecular weight is 312 g/mol. The highest BCUT2D eigenvalue weighted by Crippen LogP contribution is 2.28. The molecular weight excluding hydrogens is 297 g/mol. The molecule has 1 N–H and O–H groups in total. The van der Waals surface area contributed by atoms with E-state index in [1.807, 2.05) is 19.9 Å². The third-order valence-electron chi connectivity index (χ3n) is 3.12. The fourth-order valence-corrected chi connectivity index (χ4v) is 2.20. The van der Waals surface area contributed by atoms with Crippen LogP contribution in [-0.2, 0) is 12.6 Å². The molecule has 0 radical (unpaired) electrons. The Morgan fingerprint density at radius 3 is 2.50 bits per heavy atom. The van der Waals surface area contributed by atoms with Crippen LogP contribution in [0.4, 0.5) is 0 Å². The van der Waals surface area contributed by atoms with Crippen molar-refractivity contribution in [3.8, 4) is 0 Å². The zero-order valence-corrected chi connectivity index (χ0v) is 13.0. The zero-order valence-electron chi connectivity index (χ0n) is 11.4. The Bertz CT molecular complexity index is 650. The number of hydrogen-bond acceptors (Lipinski definition) is 2. The lowest BCUT2D eigenvalue weighted by molar-refractivity contribution is 0.0902. The number of aryl methyl sites for hydroxylation is 1. The molecule has 1 amide bonds. The van der Waals surface area contributed by atoms with E-state index in [0.29, 0.717) is 15.7 Å². The van der Waals surface area contributed by atoms with Crippen molar-refractivity contribution in [1.82, 2.24) is 15.1 Å². The molecule has 0 aliphatic rings. The Kier molecular flexibility index (Phi) is 4.06. The number of benzene rings is 1. The van der Waals surface area contributed by atoms with Crippen LogP contribution < -0.4 is 5.32 Å². The Labute approximate surface area is 127 Å². The number of carbonyl (C=O) groups excluding carboxylic acids is 1. The van der Waals surface area contributed by atoms with E-state index < -0.39 is 5.54 Å². The molecule has 1 aromatic heterocycles. The molecular formula is C14H15Cl2N3O. The van der Waals surface area contributed by atoms with Gasteiger partial charge in [0.2, 0.25) is 0 Å². The summed E-state index contributed by atoms with van der Waals surface area (Å²) in [5.41, 5.74) is 0.802. The summed E-state index contributed by atoms with van der Waals surface area (Å²) in [5, 5.41) is 7.90. The van der Waals surface area contributed by atoms with Gasteiger partial charge in [-0.3, -0.25) is 9.48 Å². The topological polar surface area (TPSA) is 46.9 Å². The molecule has 0 spiro atoms. The number of aromatic nitrogens is 2. The molecule has 2 aromatic rings. The van der Waals surface area contributed by atoms with Gasteiger partial charge in [-0.05, 0) is 37.6 Å². The van der Waals surface area contributed by atoms with Crippen LogP contribution in [0.15, 0.2) is 30.5 Å². The lowest BCUT2D eigenvalue weighted by atomic mass is 9.94. The molecule has 0 aliphatic carbocycles. The standard InChI is InChI=1S/C14H15Cl2N3O/c1-14(2,9-4-5-10(15)11(16)8-9)18-13(20)12-6-7-17-19(12)3/h4-8H,1-3H3,(H,18,20). The van der Waals surface area contributed by atoms with E-state index in [4.69, 9.17) is 23.2 Å². The second-order valence-electron chi connectivity index (χ2n) is 5.05. The molecule has 4 nitrogen and oxygen atoms in total. The fraction of sp³-hybridized carbons (Fsp3) is 0.286. The van der Waals surface area contributed by atoms with Gasteiger partial charge < -0.3 is 5.32 Å². The van der Waals surface area contributed by atoms with Crippen molar-refractivity contribution < 1.29 is 4.79 Å². The van der Waals surface area contributed by atoms with Crippen molar-refractivity contribution in [3.63, 3.8) is 0 Å². The Hall–Kier alpha value is -1.52. The van der Waals surface area contributed by atoms with Crippen LogP contribution in [0.3, 0.4) is 0 Å². The maximum Gasteiger partial charge on any atom is 0.270 e. The Balaban J connectivity index is 2.24. The maximum atomic E-state index is 12.2. The highest BCUT2D eigenvalue weighted by atomic mass is 35.5. The third-order valence-corrected chi connectivity index (χ3v) is 3.86. The van der Waals surface area contributed by atoms with Crippen LogP contribution >= 0.6 is 23.2 Å². The SMILES string of the molecule is Cn1nccc1C(=O)NC(C)(C)c1ccc(Cl)c(Cl)c1. The molecule has 0 fully saturated rings. The molecule has 1 heterocycles. The summed E-state index contributed by atoms with van der Waals surface area (Å²) in [6, 6.07) is 6.99. The maximum absolute atomic E-state index is 12.2. The lowest BCUT2D eigenvalue weighted by Crippen LogP contribution is -2.41. The quantitative estimate of drug-likeness (QED) is 0.944. The first kappa shape index (κ1) is 14.9. The second-order valence-corrected chi connectivity index (χ2v) is 5.86. The monoisotopic (exact) mass is 311 g/mol. The van der Waals surface area contributed by atoms with E-state index in [0.717, 1.165) is 5.56 Å². The van der Waals surface area contributed by atoms with E-state index >= 15 is 0 Å². The zero-order chi connectivity index (χ0) is 14.9. The van der Waals surface area contributed by atoms with Crippen molar-refractivity contribution in [3.05, 3.63) is 51.8 Å². The summed E-state index contributed by atoms with van der Waals surface area (Å²) in [4.78, 5) is 12.2. The van der Waals surface area contributed by atoms with Crippen LogP contribution in [-0.4, -0.2) is 15.7 Å². The lowest BCUT2D eigenvalue weighted by Gasteiger charge is -2.27. The molecule has 1 aromatic carbocycles. The highest BCUT2D eigenvalue weighted by Gasteiger charge is 2.25. The number of halogens is 2. The van der Waals surface area contributed by atoms with E-state index in [2.05, 4.69) is 10.4 Å².